The molecule has 0 aromatic carbocycles. The van der Waals surface area contributed by atoms with Gasteiger partial charge in [0.2, 0.25) is 0 Å². The van der Waals surface area contributed by atoms with Gasteiger partial charge in [0.05, 0.1) is 0 Å². The minimum Gasteiger partial charge on any atom is -0.317 e. The molecule has 1 heterocycles. The number of hydrogen-bond acceptors (Lipinski definition) is 3. The van der Waals surface area contributed by atoms with Crippen molar-refractivity contribution >= 4 is 0 Å². The molecule has 2 N–H and O–H groups in total. The Hall–Kier alpha value is -1.36. The molecule has 0 saturated carbocycles. The molecule has 0 aliphatic rings. The van der Waals surface area contributed by atoms with Gasteiger partial charge in [0.1, 0.15) is 0 Å². The van der Waals surface area contributed by atoms with Crippen LogP contribution in [0.25, 0.3) is 0 Å². The molecule has 5 nitrogen and oxygen atoms in total. The number of aryl methyl sites for hydroxylation is 1. The summed E-state index contributed by atoms with van der Waals surface area (Å²) in [5, 5.41) is 3.30. The minimum atomic E-state index is -0.342. The first-order valence-corrected chi connectivity index (χ1v) is 5.74. The molecule has 90 valence electrons. The first-order chi connectivity index (χ1) is 7.74. The average Bonchev–Trinajstić information content (AvgIpc) is 2.26. The van der Waals surface area contributed by atoms with E-state index in [1.807, 2.05) is 0 Å². The zero-order chi connectivity index (χ0) is 11.8. The highest BCUT2D eigenvalue weighted by molar-refractivity contribution is 4.82. The molecule has 0 radical (unpaired) electrons. The van der Waals surface area contributed by atoms with Crippen LogP contribution in [0.15, 0.2) is 21.9 Å². The summed E-state index contributed by atoms with van der Waals surface area (Å²) in [6, 6.07) is 1.37. The Bertz CT molecular complexity index is 408. The summed E-state index contributed by atoms with van der Waals surface area (Å²) in [6.07, 6.45) is 4.65. The van der Waals surface area contributed by atoms with Crippen LogP contribution in [0.2, 0.25) is 0 Å². The topological polar surface area (TPSA) is 66.9 Å². The largest absolute Gasteiger partial charge is 0.328 e. The zero-order valence-corrected chi connectivity index (χ0v) is 9.66. The number of unbranched alkanes of at least 4 members (excludes halogenated alkanes) is 1. The number of H-pyrrole nitrogens is 1. The van der Waals surface area contributed by atoms with Crippen LogP contribution in [0.1, 0.15) is 26.2 Å². The Balaban J connectivity index is 2.27. The Morgan fingerprint density at radius 2 is 2.12 bits per heavy atom. The molecular weight excluding hydrogens is 206 g/mol. The van der Waals surface area contributed by atoms with Crippen LogP contribution < -0.4 is 16.6 Å². The molecular formula is C11H19N3O2. The van der Waals surface area contributed by atoms with Gasteiger partial charge in [0.15, 0.2) is 0 Å². The van der Waals surface area contributed by atoms with Crippen LogP contribution >= 0.6 is 0 Å². The molecule has 0 unspecified atom stereocenters. The van der Waals surface area contributed by atoms with Crippen molar-refractivity contribution in [3.63, 3.8) is 0 Å². The zero-order valence-electron chi connectivity index (χ0n) is 9.66. The molecule has 1 aromatic heterocycles. The maximum Gasteiger partial charge on any atom is 0.328 e. The highest BCUT2D eigenvalue weighted by Gasteiger charge is 1.95. The van der Waals surface area contributed by atoms with Crippen LogP contribution in [0.4, 0.5) is 0 Å². The third-order valence-electron chi connectivity index (χ3n) is 2.33. The highest BCUT2D eigenvalue weighted by atomic mass is 16.2. The van der Waals surface area contributed by atoms with E-state index in [2.05, 4.69) is 17.2 Å². The van der Waals surface area contributed by atoms with Crippen molar-refractivity contribution in [1.82, 2.24) is 14.9 Å². The molecule has 1 aromatic rings. The molecule has 0 aliphatic heterocycles. The molecule has 0 aliphatic carbocycles. The number of aromatic amines is 1. The van der Waals surface area contributed by atoms with E-state index in [9.17, 15) is 9.59 Å². The standard InChI is InChI=1S/C11H19N3O2/c1-2-6-12-7-3-4-8-14-9-5-10(15)13-11(14)16/h5,9,12H,2-4,6-8H2,1H3,(H,13,15,16). The first kappa shape index (κ1) is 12.7. The van der Waals surface area contributed by atoms with Crippen molar-refractivity contribution in [3.05, 3.63) is 33.1 Å². The van der Waals surface area contributed by atoms with Gasteiger partial charge < -0.3 is 9.88 Å². The van der Waals surface area contributed by atoms with Gasteiger partial charge in [-0.15, -0.1) is 0 Å². The molecule has 0 atom stereocenters. The van der Waals surface area contributed by atoms with Crippen LogP contribution in [0.3, 0.4) is 0 Å². The molecule has 0 bridgehead atoms. The highest BCUT2D eigenvalue weighted by Crippen LogP contribution is 1.90. The van der Waals surface area contributed by atoms with Gasteiger partial charge >= 0.3 is 5.69 Å². The summed E-state index contributed by atoms with van der Waals surface area (Å²) in [5.41, 5.74) is -0.667. The number of nitrogens with one attached hydrogen (secondary N) is 2. The predicted octanol–water partition coefficient (Wildman–Crippen LogP) is 0.316. The van der Waals surface area contributed by atoms with Crippen molar-refractivity contribution < 1.29 is 0 Å². The van der Waals surface area contributed by atoms with Gasteiger partial charge in [-0.05, 0) is 32.4 Å². The normalized spacial score (nSPS) is 10.6. The number of rotatable bonds is 7. The van der Waals surface area contributed by atoms with Gasteiger partial charge in [0, 0.05) is 18.8 Å². The fourth-order valence-electron chi connectivity index (χ4n) is 1.45. The molecule has 16 heavy (non-hydrogen) atoms. The fourth-order valence-corrected chi connectivity index (χ4v) is 1.45. The summed E-state index contributed by atoms with van der Waals surface area (Å²) in [4.78, 5) is 24.3. The van der Waals surface area contributed by atoms with Gasteiger partial charge in [-0.1, -0.05) is 6.92 Å². The second kappa shape index (κ2) is 7.00. The minimum absolute atomic E-state index is 0.325. The molecule has 0 saturated heterocycles. The molecule has 5 heteroatoms. The predicted molar refractivity (Wildman–Crippen MR) is 63.7 cm³/mol. The Morgan fingerprint density at radius 3 is 2.81 bits per heavy atom. The Labute approximate surface area is 94.5 Å². The summed E-state index contributed by atoms with van der Waals surface area (Å²) in [7, 11) is 0. The maximum absolute atomic E-state index is 11.3. The monoisotopic (exact) mass is 225 g/mol. The number of aromatic nitrogens is 2. The fraction of sp³-hybridized carbons (Fsp3) is 0.636. The summed E-state index contributed by atoms with van der Waals surface area (Å²) in [6.45, 7) is 4.81. The van der Waals surface area contributed by atoms with Gasteiger partial charge in [0.25, 0.3) is 5.56 Å². The van der Waals surface area contributed by atoms with E-state index in [1.54, 1.807) is 6.20 Å². The van der Waals surface area contributed by atoms with Crippen LogP contribution in [0, 0.1) is 0 Å². The lowest BCUT2D eigenvalue weighted by Gasteiger charge is -2.05. The third-order valence-corrected chi connectivity index (χ3v) is 2.33. The van der Waals surface area contributed by atoms with Crippen LogP contribution in [-0.2, 0) is 6.54 Å². The number of nitrogens with zero attached hydrogens (tertiary/aromatic N) is 1. The number of hydrogen-bond donors (Lipinski definition) is 2. The van der Waals surface area contributed by atoms with Crippen molar-refractivity contribution in [2.75, 3.05) is 13.1 Å². The second-order valence-electron chi connectivity index (χ2n) is 3.76. The summed E-state index contributed by atoms with van der Waals surface area (Å²) in [5.74, 6) is 0. The third kappa shape index (κ3) is 4.44. The maximum atomic E-state index is 11.3. The summed E-state index contributed by atoms with van der Waals surface area (Å²) < 4.78 is 1.53. The van der Waals surface area contributed by atoms with Gasteiger partial charge in [-0.2, -0.15) is 0 Å². The lowest BCUT2D eigenvalue weighted by Crippen LogP contribution is -2.28. The van der Waals surface area contributed by atoms with Crippen molar-refractivity contribution in [1.29, 1.82) is 0 Å². The average molecular weight is 225 g/mol. The van der Waals surface area contributed by atoms with Gasteiger partial charge in [-0.25, -0.2) is 4.79 Å². The quantitative estimate of drug-likeness (QED) is 0.657. The van der Waals surface area contributed by atoms with E-state index in [0.29, 0.717) is 6.54 Å². The van der Waals surface area contributed by atoms with E-state index in [0.717, 1.165) is 32.4 Å². The van der Waals surface area contributed by atoms with Gasteiger partial charge in [-0.3, -0.25) is 9.78 Å². The lowest BCUT2D eigenvalue weighted by molar-refractivity contribution is 0.550. The molecule has 1 rings (SSSR count). The van der Waals surface area contributed by atoms with Crippen molar-refractivity contribution in [2.45, 2.75) is 32.7 Å². The smallest absolute Gasteiger partial charge is 0.317 e. The van der Waals surface area contributed by atoms with Crippen LogP contribution in [0.5, 0.6) is 0 Å². The molecule has 0 spiro atoms. The molecule has 0 fully saturated rings. The van der Waals surface area contributed by atoms with E-state index < -0.39 is 0 Å². The van der Waals surface area contributed by atoms with E-state index >= 15 is 0 Å². The lowest BCUT2D eigenvalue weighted by atomic mass is 10.3. The Kier molecular flexibility index (Phi) is 5.56. The van der Waals surface area contributed by atoms with E-state index in [1.165, 1.54) is 10.6 Å². The van der Waals surface area contributed by atoms with E-state index in [4.69, 9.17) is 0 Å². The van der Waals surface area contributed by atoms with Crippen molar-refractivity contribution in [3.8, 4) is 0 Å². The first-order valence-electron chi connectivity index (χ1n) is 5.74. The summed E-state index contributed by atoms with van der Waals surface area (Å²) >= 11 is 0. The SMILES string of the molecule is CCCNCCCCn1ccc(=O)[nH]c1=O. The Morgan fingerprint density at radius 1 is 1.31 bits per heavy atom. The molecule has 0 amide bonds. The van der Waals surface area contributed by atoms with E-state index in [-0.39, 0.29) is 11.2 Å². The van der Waals surface area contributed by atoms with Crippen LogP contribution in [-0.4, -0.2) is 22.6 Å². The van der Waals surface area contributed by atoms with Crippen molar-refractivity contribution in [2.24, 2.45) is 0 Å². The second-order valence-corrected chi connectivity index (χ2v) is 3.76.